The Morgan fingerprint density at radius 2 is 1.61 bits per heavy atom. The van der Waals surface area contributed by atoms with Crippen LogP contribution in [0.3, 0.4) is 0 Å². The molecule has 0 fully saturated rings. The number of pyridine rings is 1. The summed E-state index contributed by atoms with van der Waals surface area (Å²) in [6.07, 6.45) is 5.52. The molecule has 2 aromatic carbocycles. The van der Waals surface area contributed by atoms with E-state index in [9.17, 15) is 14.0 Å². The maximum absolute atomic E-state index is 12.0. The first-order chi connectivity index (χ1) is 15.0. The molecule has 0 radical (unpaired) electrons. The lowest BCUT2D eigenvalue weighted by Crippen LogP contribution is -1.97. The van der Waals surface area contributed by atoms with Gasteiger partial charge in [-0.15, -0.1) is 0 Å². The fraction of sp³-hybridized carbons (Fsp3) is 0.208. The van der Waals surface area contributed by atoms with Crippen LogP contribution in [0.25, 0.3) is 21.8 Å². The summed E-state index contributed by atoms with van der Waals surface area (Å²) in [6, 6.07) is 16.2. The fourth-order valence-electron chi connectivity index (χ4n) is 3.43. The number of hydrogen-bond acceptors (Lipinski definition) is 3. The van der Waals surface area contributed by atoms with Crippen molar-refractivity contribution in [3.8, 4) is 0 Å². The van der Waals surface area contributed by atoms with E-state index in [0.717, 1.165) is 35.7 Å². The average Bonchev–Trinajstić information content (AvgIpc) is 3.16. The summed E-state index contributed by atoms with van der Waals surface area (Å²) in [5.41, 5.74) is 2.04. The van der Waals surface area contributed by atoms with Gasteiger partial charge in [0, 0.05) is 35.2 Å². The molecule has 0 aliphatic carbocycles. The number of aromatic nitrogens is 2. The third-order valence-electron chi connectivity index (χ3n) is 4.91. The molecule has 0 aliphatic rings. The zero-order valence-electron chi connectivity index (χ0n) is 16.9. The number of carboxylic acids is 2. The lowest BCUT2D eigenvalue weighted by molar-refractivity contribution is 0.0688. The van der Waals surface area contributed by atoms with Crippen LogP contribution in [0.15, 0.2) is 67.0 Å². The topological polar surface area (TPSA) is 92.4 Å². The Labute approximate surface area is 178 Å². The zero-order valence-corrected chi connectivity index (χ0v) is 16.9. The highest BCUT2D eigenvalue weighted by Crippen LogP contribution is 2.22. The minimum absolute atomic E-state index is 0.248. The first kappa shape index (κ1) is 22.0. The van der Waals surface area contributed by atoms with Gasteiger partial charge in [0.15, 0.2) is 0 Å². The van der Waals surface area contributed by atoms with Gasteiger partial charge in [-0.05, 0) is 37.5 Å². The van der Waals surface area contributed by atoms with Gasteiger partial charge < -0.3 is 14.8 Å². The van der Waals surface area contributed by atoms with Crippen LogP contribution in [-0.4, -0.2) is 38.4 Å². The van der Waals surface area contributed by atoms with Gasteiger partial charge in [-0.25, -0.2) is 9.59 Å². The predicted molar refractivity (Wildman–Crippen MR) is 117 cm³/mol. The van der Waals surface area contributed by atoms with Crippen molar-refractivity contribution in [2.24, 2.45) is 0 Å². The number of carboxylic acid groups (broad SMARTS) is 2. The third kappa shape index (κ3) is 5.25. The van der Waals surface area contributed by atoms with E-state index >= 15 is 0 Å². The van der Waals surface area contributed by atoms with E-state index in [1.807, 2.05) is 41.0 Å². The van der Waals surface area contributed by atoms with Gasteiger partial charge in [0.2, 0.25) is 0 Å². The number of aromatic carboxylic acids is 2. The van der Waals surface area contributed by atoms with Crippen molar-refractivity contribution >= 4 is 33.7 Å². The number of aryl methyl sites for hydroxylation is 1. The molecule has 0 spiro atoms. The van der Waals surface area contributed by atoms with E-state index in [4.69, 9.17) is 10.2 Å². The van der Waals surface area contributed by atoms with Crippen molar-refractivity contribution in [1.29, 1.82) is 0 Å². The average molecular weight is 422 g/mol. The predicted octanol–water partition coefficient (Wildman–Crippen LogP) is 5.41. The van der Waals surface area contributed by atoms with Crippen molar-refractivity contribution in [2.75, 3.05) is 6.67 Å². The zero-order chi connectivity index (χ0) is 22.2. The molecule has 160 valence electrons. The molecule has 2 heterocycles. The number of hydrogen-bond donors (Lipinski definition) is 2. The number of carbonyl (C=O) groups is 2. The second-order valence-corrected chi connectivity index (χ2v) is 6.99. The number of rotatable bonds is 7. The van der Waals surface area contributed by atoms with Crippen molar-refractivity contribution in [2.45, 2.75) is 25.8 Å². The van der Waals surface area contributed by atoms with Crippen LogP contribution >= 0.6 is 0 Å². The van der Waals surface area contributed by atoms with Crippen LogP contribution in [0.2, 0.25) is 0 Å². The summed E-state index contributed by atoms with van der Waals surface area (Å²) in [4.78, 5) is 25.9. The van der Waals surface area contributed by atoms with E-state index in [1.165, 1.54) is 0 Å². The molecule has 2 aromatic heterocycles. The summed E-state index contributed by atoms with van der Waals surface area (Å²) in [5, 5.41) is 19.6. The highest BCUT2D eigenvalue weighted by Gasteiger charge is 2.13. The van der Waals surface area contributed by atoms with Gasteiger partial charge in [0.05, 0.1) is 23.3 Å². The Hall–Kier alpha value is -3.74. The standard InChI is InChI=1S/C14H16FNO2.C10H7NO2/c15-8-4-1-5-9-16-10-12(14(17)18)11-6-2-3-7-13(11)16;12-10(13)8-5-1-3-7-4-2-6-11-9(7)8/h2-3,6-7,10H,1,4-5,8-9H2,(H,17,18);1-6H,(H,12,13). The van der Waals surface area contributed by atoms with Crippen LogP contribution < -0.4 is 0 Å². The second kappa shape index (κ2) is 10.3. The van der Waals surface area contributed by atoms with E-state index in [2.05, 4.69) is 4.98 Å². The van der Waals surface area contributed by atoms with Crippen molar-refractivity contribution in [1.82, 2.24) is 9.55 Å². The number of nitrogens with zero attached hydrogens (tertiary/aromatic N) is 2. The number of benzene rings is 2. The number of para-hydroxylation sites is 2. The van der Waals surface area contributed by atoms with Crippen molar-refractivity contribution in [3.05, 3.63) is 78.1 Å². The molecule has 7 heteroatoms. The fourth-order valence-corrected chi connectivity index (χ4v) is 3.43. The maximum Gasteiger partial charge on any atom is 0.337 e. The van der Waals surface area contributed by atoms with Crippen LogP contribution in [0.5, 0.6) is 0 Å². The number of alkyl halides is 1. The van der Waals surface area contributed by atoms with Gasteiger partial charge in [-0.2, -0.15) is 0 Å². The number of unbranched alkanes of at least 4 members (excludes halogenated alkanes) is 2. The summed E-state index contributed by atoms with van der Waals surface area (Å²) in [6.45, 7) is 0.445. The highest BCUT2D eigenvalue weighted by atomic mass is 19.1. The molecule has 6 nitrogen and oxygen atoms in total. The quantitative estimate of drug-likeness (QED) is 0.388. The first-order valence-corrected chi connectivity index (χ1v) is 9.97. The summed E-state index contributed by atoms with van der Waals surface area (Å²) in [7, 11) is 0. The molecule has 0 amide bonds. The van der Waals surface area contributed by atoms with Crippen molar-refractivity contribution < 1.29 is 24.2 Å². The normalized spacial score (nSPS) is 10.6. The Balaban J connectivity index is 0.000000185. The lowest BCUT2D eigenvalue weighted by atomic mass is 10.1. The summed E-state index contributed by atoms with van der Waals surface area (Å²) < 4.78 is 13.9. The van der Waals surface area contributed by atoms with E-state index in [-0.39, 0.29) is 12.2 Å². The molecule has 4 rings (SSSR count). The monoisotopic (exact) mass is 422 g/mol. The maximum atomic E-state index is 12.0. The minimum atomic E-state index is -0.940. The van der Waals surface area contributed by atoms with Crippen LogP contribution in [-0.2, 0) is 6.54 Å². The van der Waals surface area contributed by atoms with E-state index in [0.29, 0.717) is 17.5 Å². The third-order valence-corrected chi connectivity index (χ3v) is 4.91. The van der Waals surface area contributed by atoms with E-state index < -0.39 is 11.9 Å². The van der Waals surface area contributed by atoms with Crippen molar-refractivity contribution in [3.63, 3.8) is 0 Å². The van der Waals surface area contributed by atoms with Crippen LogP contribution in [0.4, 0.5) is 4.39 Å². The molecule has 0 saturated heterocycles. The minimum Gasteiger partial charge on any atom is -0.478 e. The molecule has 0 atom stereocenters. The Morgan fingerprint density at radius 1 is 0.871 bits per heavy atom. The van der Waals surface area contributed by atoms with Gasteiger partial charge in [-0.1, -0.05) is 36.4 Å². The molecular formula is C24H23FN2O4. The highest BCUT2D eigenvalue weighted by molar-refractivity contribution is 6.03. The molecule has 4 aromatic rings. The molecular weight excluding hydrogens is 399 g/mol. The molecule has 0 aliphatic heterocycles. The molecule has 0 bridgehead atoms. The molecule has 0 unspecified atom stereocenters. The largest absolute Gasteiger partial charge is 0.478 e. The lowest BCUT2D eigenvalue weighted by Gasteiger charge is -2.04. The van der Waals surface area contributed by atoms with E-state index in [1.54, 1.807) is 30.6 Å². The molecule has 0 saturated carbocycles. The van der Waals surface area contributed by atoms with Gasteiger partial charge in [-0.3, -0.25) is 9.37 Å². The van der Waals surface area contributed by atoms with Gasteiger partial charge in [0.25, 0.3) is 0 Å². The Morgan fingerprint density at radius 3 is 2.35 bits per heavy atom. The molecule has 31 heavy (non-hydrogen) atoms. The smallest absolute Gasteiger partial charge is 0.337 e. The SMILES string of the molecule is O=C(O)c1cccc2cccnc12.O=C(O)c1cn(CCCCCF)c2ccccc12. The second-order valence-electron chi connectivity index (χ2n) is 6.99. The van der Waals surface area contributed by atoms with Crippen LogP contribution in [0, 0.1) is 0 Å². The summed E-state index contributed by atoms with van der Waals surface area (Å²) >= 11 is 0. The number of halogens is 1. The summed E-state index contributed by atoms with van der Waals surface area (Å²) in [5.74, 6) is -1.85. The van der Waals surface area contributed by atoms with Gasteiger partial charge >= 0.3 is 11.9 Å². The first-order valence-electron chi connectivity index (χ1n) is 9.97. The Kier molecular flexibility index (Phi) is 7.32. The van der Waals surface area contributed by atoms with Crippen LogP contribution in [0.1, 0.15) is 40.0 Å². The number of fused-ring (bicyclic) bond motifs is 2. The Bertz CT molecular complexity index is 1200. The van der Waals surface area contributed by atoms with Gasteiger partial charge in [0.1, 0.15) is 0 Å². The molecule has 2 N–H and O–H groups in total.